The maximum Gasteiger partial charge on any atom is 0.260 e. The molecule has 0 aromatic heterocycles. The molecule has 0 aliphatic rings. The normalized spacial score (nSPS) is 12.1. The number of hydrogen-bond acceptors (Lipinski definition) is 5. The molecule has 0 aromatic carbocycles. The summed E-state index contributed by atoms with van der Waals surface area (Å²) in [4.78, 5) is 26.1. The summed E-state index contributed by atoms with van der Waals surface area (Å²) >= 11 is 0. The lowest BCUT2D eigenvalue weighted by atomic mass is 10.2. The molecule has 82 valence electrons. The van der Waals surface area contributed by atoms with Crippen molar-refractivity contribution in [2.75, 3.05) is 20.3 Å². The van der Waals surface area contributed by atoms with Crippen LogP contribution in [0.2, 0.25) is 0 Å². The van der Waals surface area contributed by atoms with Crippen molar-refractivity contribution in [1.82, 2.24) is 5.48 Å². The van der Waals surface area contributed by atoms with Crippen LogP contribution in [-0.4, -0.2) is 38.2 Å². The molecule has 1 atom stereocenters. The number of hydrogen-bond donors (Lipinski definition) is 3. The van der Waals surface area contributed by atoms with Crippen molar-refractivity contribution in [3.63, 3.8) is 0 Å². The zero-order valence-corrected chi connectivity index (χ0v) is 7.99. The summed E-state index contributed by atoms with van der Waals surface area (Å²) in [5, 5.41) is 0. The van der Waals surface area contributed by atoms with Crippen LogP contribution < -0.4 is 16.9 Å². The minimum absolute atomic E-state index is 0.209. The van der Waals surface area contributed by atoms with Crippen LogP contribution in [0.1, 0.15) is 6.42 Å². The van der Waals surface area contributed by atoms with Crippen molar-refractivity contribution in [3.05, 3.63) is 0 Å². The van der Waals surface area contributed by atoms with E-state index in [1.54, 1.807) is 0 Å². The van der Waals surface area contributed by atoms with Gasteiger partial charge < -0.3 is 16.2 Å². The van der Waals surface area contributed by atoms with Crippen molar-refractivity contribution in [2.24, 2.45) is 11.5 Å². The Hall–Kier alpha value is -1.18. The third kappa shape index (κ3) is 6.35. The quantitative estimate of drug-likeness (QED) is 0.324. The zero-order valence-electron chi connectivity index (χ0n) is 7.99. The largest absolute Gasteiger partial charge is 0.382 e. The summed E-state index contributed by atoms with van der Waals surface area (Å²) in [5.41, 5.74) is 12.2. The lowest BCUT2D eigenvalue weighted by Crippen LogP contribution is -2.43. The Labute approximate surface area is 81.7 Å². The van der Waals surface area contributed by atoms with Gasteiger partial charge in [-0.1, -0.05) is 0 Å². The van der Waals surface area contributed by atoms with Gasteiger partial charge in [-0.2, -0.15) is 0 Å². The van der Waals surface area contributed by atoms with Gasteiger partial charge in [0.1, 0.15) is 0 Å². The first-order valence-corrected chi connectivity index (χ1v) is 4.02. The van der Waals surface area contributed by atoms with Crippen LogP contribution in [0.15, 0.2) is 0 Å². The number of amides is 2. The predicted octanol–water partition coefficient (Wildman–Crippen LogP) is -2.12. The van der Waals surface area contributed by atoms with Gasteiger partial charge >= 0.3 is 0 Å². The fraction of sp³-hybridized carbons (Fsp3) is 0.714. The fourth-order valence-corrected chi connectivity index (χ4v) is 0.632. The molecule has 0 aromatic rings. The zero-order chi connectivity index (χ0) is 11.0. The van der Waals surface area contributed by atoms with E-state index >= 15 is 0 Å². The molecule has 0 bridgehead atoms. The van der Waals surface area contributed by atoms with Crippen LogP contribution >= 0.6 is 0 Å². The predicted molar refractivity (Wildman–Crippen MR) is 47.8 cm³/mol. The van der Waals surface area contributed by atoms with Gasteiger partial charge in [0.15, 0.2) is 0 Å². The SMILES string of the molecule is COCCONC(=O)C(N)CC(N)=O. The van der Waals surface area contributed by atoms with Gasteiger partial charge in [0.2, 0.25) is 5.91 Å². The summed E-state index contributed by atoms with van der Waals surface area (Å²) in [6, 6.07) is -0.977. The van der Waals surface area contributed by atoms with E-state index in [-0.39, 0.29) is 13.0 Å². The number of hydroxylamine groups is 1. The maximum atomic E-state index is 11.0. The van der Waals surface area contributed by atoms with Crippen molar-refractivity contribution >= 4 is 11.8 Å². The second-order valence-electron chi connectivity index (χ2n) is 2.58. The van der Waals surface area contributed by atoms with Gasteiger partial charge in [-0.25, -0.2) is 5.48 Å². The lowest BCUT2D eigenvalue weighted by Gasteiger charge is -2.09. The third-order valence-corrected chi connectivity index (χ3v) is 1.32. The van der Waals surface area contributed by atoms with Crippen LogP contribution in [0.4, 0.5) is 0 Å². The standard InChI is InChI=1S/C7H15N3O4/c1-13-2-3-14-10-7(12)5(8)4-6(9)11/h5H,2-4,8H2,1H3,(H2,9,11)(H,10,12). The van der Waals surface area contributed by atoms with Gasteiger partial charge in [-0.15, -0.1) is 0 Å². The van der Waals surface area contributed by atoms with Crippen molar-refractivity contribution in [2.45, 2.75) is 12.5 Å². The Bertz CT molecular complexity index is 197. The average molecular weight is 205 g/mol. The smallest absolute Gasteiger partial charge is 0.260 e. The highest BCUT2D eigenvalue weighted by Crippen LogP contribution is 1.86. The Balaban J connectivity index is 3.57. The number of nitrogens with two attached hydrogens (primary N) is 2. The van der Waals surface area contributed by atoms with E-state index in [4.69, 9.17) is 11.5 Å². The molecule has 2 amide bonds. The summed E-state index contributed by atoms with van der Waals surface area (Å²) in [7, 11) is 1.50. The molecule has 0 rings (SSSR count). The molecule has 14 heavy (non-hydrogen) atoms. The monoisotopic (exact) mass is 205 g/mol. The molecular formula is C7H15N3O4. The van der Waals surface area contributed by atoms with Gasteiger partial charge in [0.05, 0.1) is 25.7 Å². The van der Waals surface area contributed by atoms with Crippen LogP contribution in [0.5, 0.6) is 0 Å². The van der Waals surface area contributed by atoms with Gasteiger partial charge in [-0.3, -0.25) is 14.4 Å². The molecule has 0 saturated heterocycles. The van der Waals surface area contributed by atoms with E-state index < -0.39 is 17.9 Å². The number of ether oxygens (including phenoxy) is 1. The van der Waals surface area contributed by atoms with Crippen molar-refractivity contribution in [3.8, 4) is 0 Å². The molecule has 1 unspecified atom stereocenters. The number of nitrogens with one attached hydrogen (secondary N) is 1. The highest BCUT2D eigenvalue weighted by molar-refractivity contribution is 5.86. The molecule has 0 fully saturated rings. The maximum absolute atomic E-state index is 11.0. The minimum atomic E-state index is -0.977. The van der Waals surface area contributed by atoms with Crippen molar-refractivity contribution in [1.29, 1.82) is 0 Å². The average Bonchev–Trinajstić information content (AvgIpc) is 2.11. The van der Waals surface area contributed by atoms with Crippen molar-refractivity contribution < 1.29 is 19.2 Å². The molecule has 7 heteroatoms. The highest BCUT2D eigenvalue weighted by Gasteiger charge is 2.15. The summed E-state index contributed by atoms with van der Waals surface area (Å²) in [6.07, 6.45) is -0.209. The topological polar surface area (TPSA) is 117 Å². The van der Waals surface area contributed by atoms with E-state index in [0.717, 1.165) is 0 Å². The van der Waals surface area contributed by atoms with E-state index in [0.29, 0.717) is 6.61 Å². The molecule has 0 spiro atoms. The molecule has 0 aliphatic heterocycles. The van der Waals surface area contributed by atoms with Crippen LogP contribution in [0, 0.1) is 0 Å². The summed E-state index contributed by atoms with van der Waals surface area (Å²) < 4.78 is 4.67. The molecule has 7 nitrogen and oxygen atoms in total. The van der Waals surface area contributed by atoms with E-state index in [9.17, 15) is 9.59 Å². The number of rotatable bonds is 7. The Morgan fingerprint density at radius 2 is 2.07 bits per heavy atom. The molecular weight excluding hydrogens is 190 g/mol. The Morgan fingerprint density at radius 1 is 1.43 bits per heavy atom. The molecule has 0 radical (unpaired) electrons. The van der Waals surface area contributed by atoms with Gasteiger partial charge in [0.25, 0.3) is 5.91 Å². The van der Waals surface area contributed by atoms with Crippen LogP contribution in [0.25, 0.3) is 0 Å². The second-order valence-corrected chi connectivity index (χ2v) is 2.58. The Kier molecular flexibility index (Phi) is 6.63. The number of methoxy groups -OCH3 is 1. The van der Waals surface area contributed by atoms with Gasteiger partial charge in [-0.05, 0) is 0 Å². The summed E-state index contributed by atoms with van der Waals surface area (Å²) in [6.45, 7) is 0.566. The fourth-order valence-electron chi connectivity index (χ4n) is 0.632. The van der Waals surface area contributed by atoms with E-state index in [2.05, 4.69) is 15.1 Å². The number of primary amides is 1. The van der Waals surface area contributed by atoms with E-state index in [1.807, 2.05) is 0 Å². The number of carbonyl (C=O) groups is 2. The van der Waals surface area contributed by atoms with Crippen LogP contribution in [-0.2, 0) is 19.2 Å². The van der Waals surface area contributed by atoms with Crippen LogP contribution in [0.3, 0.4) is 0 Å². The third-order valence-electron chi connectivity index (χ3n) is 1.32. The molecule has 5 N–H and O–H groups in total. The lowest BCUT2D eigenvalue weighted by molar-refractivity contribution is -0.137. The van der Waals surface area contributed by atoms with E-state index in [1.165, 1.54) is 7.11 Å². The second kappa shape index (κ2) is 7.25. The minimum Gasteiger partial charge on any atom is -0.382 e. The van der Waals surface area contributed by atoms with Gasteiger partial charge in [0, 0.05) is 7.11 Å². The molecule has 0 heterocycles. The molecule has 0 aliphatic carbocycles. The highest BCUT2D eigenvalue weighted by atomic mass is 16.7. The summed E-state index contributed by atoms with van der Waals surface area (Å²) in [5.74, 6) is -1.22. The first kappa shape index (κ1) is 12.8. The first-order chi connectivity index (χ1) is 6.57. The molecule has 0 saturated carbocycles. The first-order valence-electron chi connectivity index (χ1n) is 4.02. The number of carbonyl (C=O) groups excluding carboxylic acids is 2. The Morgan fingerprint density at radius 3 is 2.57 bits per heavy atom.